The van der Waals surface area contributed by atoms with Crippen LogP contribution in [0.4, 0.5) is 0 Å². The first-order chi connectivity index (χ1) is 10.2. The third-order valence-electron chi connectivity index (χ3n) is 4.31. The highest BCUT2D eigenvalue weighted by Gasteiger charge is 2.22. The third-order valence-corrected chi connectivity index (χ3v) is 4.31. The van der Waals surface area contributed by atoms with Gasteiger partial charge < -0.3 is 5.32 Å². The molecule has 1 fully saturated rings. The molecule has 1 heterocycles. The predicted molar refractivity (Wildman–Crippen MR) is 86.3 cm³/mol. The summed E-state index contributed by atoms with van der Waals surface area (Å²) in [6, 6.07) is 11.7. The largest absolute Gasteiger partial charge is 0.314 e. The molecule has 0 bridgehead atoms. The highest BCUT2D eigenvalue weighted by molar-refractivity contribution is 5.26. The molecule has 0 aliphatic heterocycles. The van der Waals surface area contributed by atoms with Crippen LogP contribution in [0.3, 0.4) is 0 Å². The van der Waals surface area contributed by atoms with Crippen molar-refractivity contribution in [1.82, 2.24) is 15.1 Å². The molecule has 112 valence electrons. The van der Waals surface area contributed by atoms with E-state index in [0.717, 1.165) is 25.4 Å². The molecule has 21 heavy (non-hydrogen) atoms. The molecular formula is C18H25N3. The summed E-state index contributed by atoms with van der Waals surface area (Å²) in [5, 5.41) is 8.24. The van der Waals surface area contributed by atoms with E-state index in [9.17, 15) is 0 Å². The van der Waals surface area contributed by atoms with Gasteiger partial charge in [-0.15, -0.1) is 0 Å². The molecule has 1 aromatic carbocycles. The zero-order valence-electron chi connectivity index (χ0n) is 13.0. The first kappa shape index (κ1) is 14.3. The summed E-state index contributed by atoms with van der Waals surface area (Å²) >= 11 is 0. The maximum atomic E-state index is 4.55. The zero-order chi connectivity index (χ0) is 14.7. The van der Waals surface area contributed by atoms with Gasteiger partial charge in [-0.1, -0.05) is 24.3 Å². The quantitative estimate of drug-likeness (QED) is 0.847. The topological polar surface area (TPSA) is 29.9 Å². The van der Waals surface area contributed by atoms with E-state index < -0.39 is 0 Å². The fraction of sp³-hybridized carbons (Fsp3) is 0.500. The Balaban J connectivity index is 1.67. The highest BCUT2D eigenvalue weighted by Crippen LogP contribution is 2.21. The van der Waals surface area contributed by atoms with Crippen molar-refractivity contribution >= 4 is 0 Å². The van der Waals surface area contributed by atoms with Crippen LogP contribution >= 0.6 is 0 Å². The summed E-state index contributed by atoms with van der Waals surface area (Å²) in [7, 11) is 1.99. The van der Waals surface area contributed by atoms with Gasteiger partial charge in [-0.05, 0) is 62.3 Å². The van der Waals surface area contributed by atoms with Crippen molar-refractivity contribution in [2.75, 3.05) is 6.54 Å². The maximum Gasteiger partial charge on any atom is 0.0627 e. The van der Waals surface area contributed by atoms with E-state index in [-0.39, 0.29) is 0 Å². The molecule has 0 spiro atoms. The summed E-state index contributed by atoms with van der Waals surface area (Å²) in [6.45, 7) is 3.30. The Morgan fingerprint density at radius 1 is 1.24 bits per heavy atom. The van der Waals surface area contributed by atoms with Crippen LogP contribution in [0.25, 0.3) is 0 Å². The molecule has 1 N–H and O–H groups in total. The van der Waals surface area contributed by atoms with Crippen molar-refractivity contribution in [3.05, 3.63) is 53.3 Å². The van der Waals surface area contributed by atoms with Crippen LogP contribution in [0.15, 0.2) is 36.5 Å². The summed E-state index contributed by atoms with van der Waals surface area (Å²) in [4.78, 5) is 0. The predicted octanol–water partition coefficient (Wildman–Crippen LogP) is 2.88. The van der Waals surface area contributed by atoms with Gasteiger partial charge in [0.25, 0.3) is 0 Å². The monoisotopic (exact) mass is 283 g/mol. The Morgan fingerprint density at radius 2 is 2.05 bits per heavy atom. The van der Waals surface area contributed by atoms with Crippen molar-refractivity contribution in [3.8, 4) is 0 Å². The number of nitrogens with zero attached hydrogens (tertiary/aromatic N) is 2. The normalized spacial score (nSPS) is 16.1. The molecular weight excluding hydrogens is 258 g/mol. The summed E-state index contributed by atoms with van der Waals surface area (Å²) in [5.74, 6) is 0.613. The fourth-order valence-electron chi connectivity index (χ4n) is 2.86. The number of aromatic nitrogens is 2. The minimum Gasteiger partial charge on any atom is -0.314 e. The van der Waals surface area contributed by atoms with E-state index >= 15 is 0 Å². The standard InChI is InChI=1S/C18H25N3/c1-14-5-3-4-6-16(14)11-15(13-19-17-7-8-17)12-18-9-10-21(2)20-18/h3-6,9-10,15,17,19H,7-8,11-13H2,1-2H3. The number of nitrogens with one attached hydrogen (secondary N) is 1. The van der Waals surface area contributed by atoms with Gasteiger partial charge in [-0.2, -0.15) is 5.10 Å². The van der Waals surface area contributed by atoms with Crippen LogP contribution in [0, 0.1) is 12.8 Å². The number of aryl methyl sites for hydroxylation is 2. The maximum absolute atomic E-state index is 4.55. The molecule has 3 nitrogen and oxygen atoms in total. The molecule has 1 unspecified atom stereocenters. The Morgan fingerprint density at radius 3 is 2.71 bits per heavy atom. The van der Waals surface area contributed by atoms with E-state index in [1.807, 2.05) is 17.9 Å². The summed E-state index contributed by atoms with van der Waals surface area (Å²) in [6.07, 6.45) is 6.91. The lowest BCUT2D eigenvalue weighted by molar-refractivity contribution is 0.462. The van der Waals surface area contributed by atoms with Gasteiger partial charge in [0.2, 0.25) is 0 Å². The van der Waals surface area contributed by atoms with Gasteiger partial charge in [0, 0.05) is 19.3 Å². The second-order valence-electron chi connectivity index (χ2n) is 6.36. The third kappa shape index (κ3) is 4.18. The Kier molecular flexibility index (Phi) is 4.39. The molecule has 1 aliphatic rings. The lowest BCUT2D eigenvalue weighted by atomic mass is 9.92. The van der Waals surface area contributed by atoms with E-state index in [0.29, 0.717) is 5.92 Å². The molecule has 1 saturated carbocycles. The van der Waals surface area contributed by atoms with Crippen LogP contribution in [-0.4, -0.2) is 22.4 Å². The average molecular weight is 283 g/mol. The lowest BCUT2D eigenvalue weighted by Gasteiger charge is -2.18. The van der Waals surface area contributed by atoms with Crippen molar-refractivity contribution in [2.45, 2.75) is 38.6 Å². The van der Waals surface area contributed by atoms with Gasteiger partial charge >= 0.3 is 0 Å². The number of rotatable bonds is 7. The average Bonchev–Trinajstić information content (AvgIpc) is 3.21. The molecule has 0 radical (unpaired) electrons. The molecule has 2 aromatic rings. The van der Waals surface area contributed by atoms with E-state index in [1.54, 1.807) is 0 Å². The molecule has 3 heteroatoms. The SMILES string of the molecule is Cc1ccccc1CC(CNC1CC1)Cc1ccn(C)n1. The first-order valence-electron chi connectivity index (χ1n) is 7.97. The zero-order valence-corrected chi connectivity index (χ0v) is 13.0. The Labute approximate surface area is 127 Å². The van der Waals surface area contributed by atoms with Gasteiger partial charge in [0.15, 0.2) is 0 Å². The second-order valence-corrected chi connectivity index (χ2v) is 6.36. The smallest absolute Gasteiger partial charge is 0.0627 e. The molecule has 1 aliphatic carbocycles. The number of hydrogen-bond acceptors (Lipinski definition) is 2. The van der Waals surface area contributed by atoms with E-state index in [1.165, 1.54) is 29.7 Å². The fourth-order valence-corrected chi connectivity index (χ4v) is 2.86. The summed E-state index contributed by atoms with van der Waals surface area (Å²) < 4.78 is 1.90. The Hall–Kier alpha value is -1.61. The van der Waals surface area contributed by atoms with Crippen molar-refractivity contribution in [1.29, 1.82) is 0 Å². The minimum absolute atomic E-state index is 0.613. The van der Waals surface area contributed by atoms with Gasteiger partial charge in [0.1, 0.15) is 0 Å². The van der Waals surface area contributed by atoms with Crippen molar-refractivity contribution in [3.63, 3.8) is 0 Å². The van der Waals surface area contributed by atoms with Crippen LogP contribution in [0.1, 0.15) is 29.7 Å². The van der Waals surface area contributed by atoms with E-state index in [4.69, 9.17) is 0 Å². The summed E-state index contributed by atoms with van der Waals surface area (Å²) in [5.41, 5.74) is 4.07. The highest BCUT2D eigenvalue weighted by atomic mass is 15.2. The van der Waals surface area contributed by atoms with Crippen LogP contribution in [0.5, 0.6) is 0 Å². The Bertz CT molecular complexity index is 584. The van der Waals surface area contributed by atoms with Gasteiger partial charge in [0.05, 0.1) is 5.69 Å². The lowest BCUT2D eigenvalue weighted by Crippen LogP contribution is -2.27. The van der Waals surface area contributed by atoms with Gasteiger partial charge in [-0.25, -0.2) is 0 Å². The first-order valence-corrected chi connectivity index (χ1v) is 7.97. The minimum atomic E-state index is 0.613. The van der Waals surface area contributed by atoms with Gasteiger partial charge in [-0.3, -0.25) is 4.68 Å². The second kappa shape index (κ2) is 6.44. The molecule has 1 aromatic heterocycles. The van der Waals surface area contributed by atoms with Crippen LogP contribution < -0.4 is 5.32 Å². The number of benzene rings is 1. The van der Waals surface area contributed by atoms with Crippen LogP contribution in [0.2, 0.25) is 0 Å². The molecule has 0 amide bonds. The number of hydrogen-bond donors (Lipinski definition) is 1. The van der Waals surface area contributed by atoms with E-state index in [2.05, 4.69) is 47.7 Å². The molecule has 3 rings (SSSR count). The van der Waals surface area contributed by atoms with Crippen molar-refractivity contribution < 1.29 is 0 Å². The van der Waals surface area contributed by atoms with Crippen molar-refractivity contribution in [2.24, 2.45) is 13.0 Å². The van der Waals surface area contributed by atoms with Crippen LogP contribution in [-0.2, 0) is 19.9 Å². The molecule has 0 saturated heterocycles. The molecule has 1 atom stereocenters.